The van der Waals surface area contributed by atoms with Crippen LogP contribution in [-0.2, 0) is 25.7 Å². The molecule has 0 unspecified atom stereocenters. The number of rotatable bonds is 4. The van der Waals surface area contributed by atoms with E-state index in [2.05, 4.69) is 396 Å². The first kappa shape index (κ1) is 80.8. The van der Waals surface area contributed by atoms with Crippen LogP contribution in [0.25, 0.3) is 264 Å². The predicted molar refractivity (Wildman–Crippen MR) is 602 cm³/mol. The molecule has 4 aliphatic carbocycles. The molecule has 16 heterocycles. The van der Waals surface area contributed by atoms with Crippen molar-refractivity contribution in [3.05, 3.63) is 483 Å². The summed E-state index contributed by atoms with van der Waals surface area (Å²) in [6.07, 6.45) is 34.6. The van der Waals surface area contributed by atoms with Gasteiger partial charge in [-0.1, -0.05) is 176 Å². The molecule has 148 heavy (non-hydrogen) atoms. The third-order valence-corrected chi connectivity index (χ3v) is 32.3. The van der Waals surface area contributed by atoms with Gasteiger partial charge in [0.25, 0.3) is 0 Å². The monoisotopic (exact) mass is 1890 g/mol. The van der Waals surface area contributed by atoms with Gasteiger partial charge < -0.3 is 18.3 Å². The van der Waals surface area contributed by atoms with Crippen molar-refractivity contribution in [2.45, 2.75) is 25.7 Å². The van der Waals surface area contributed by atoms with Gasteiger partial charge in [0.1, 0.15) is 22.6 Å². The second-order valence-electron chi connectivity index (χ2n) is 39.7. The first-order valence-corrected chi connectivity index (χ1v) is 50.5. The minimum Gasteiger partial charge on any atom is -0.309 e. The maximum absolute atomic E-state index is 4.74. The molecule has 4 aliphatic rings. The molecule has 0 fully saturated rings. The summed E-state index contributed by atoms with van der Waals surface area (Å²) in [6.45, 7) is 0. The molecule has 16 heteroatoms. The molecule has 688 valence electrons. The number of fused-ring (bicyclic) bond motifs is 51. The Bertz CT molecular complexity index is 11400. The maximum atomic E-state index is 4.74. The lowest BCUT2D eigenvalue weighted by atomic mass is 9.96. The maximum Gasteiger partial charge on any atom is 0.145 e. The summed E-state index contributed by atoms with van der Waals surface area (Å²) in [4.78, 5) is 36.5. The smallest absolute Gasteiger partial charge is 0.145 e. The van der Waals surface area contributed by atoms with Crippen LogP contribution in [0.5, 0.6) is 0 Å². The predicted octanol–water partition coefficient (Wildman–Crippen LogP) is 30.8. The van der Waals surface area contributed by atoms with Crippen molar-refractivity contribution in [3.8, 4) is 67.3 Å². The number of aromatic nitrogens is 16. The fourth-order valence-corrected chi connectivity index (χ4v) is 26.1. The van der Waals surface area contributed by atoms with E-state index in [1.807, 2.05) is 99.1 Å². The van der Waals surface area contributed by atoms with Gasteiger partial charge in [-0.05, 0) is 288 Å². The zero-order chi connectivity index (χ0) is 96.3. The second kappa shape index (κ2) is 30.8. The Balaban J connectivity index is 0.0000000859. The molecule has 16 aromatic heterocycles. The zero-order valence-corrected chi connectivity index (χ0v) is 79.6. The van der Waals surface area contributed by atoms with E-state index in [1.165, 1.54) is 264 Å². The van der Waals surface area contributed by atoms with E-state index in [0.29, 0.717) is 0 Å². The molecular weight excluding hydrogens is 1810 g/mol. The van der Waals surface area contributed by atoms with E-state index >= 15 is 0 Å². The number of benzene rings is 16. The Kier molecular flexibility index (Phi) is 16.8. The number of hydrogen-bond donors (Lipinski definition) is 0. The Labute approximate surface area is 842 Å². The van der Waals surface area contributed by atoms with E-state index in [-0.39, 0.29) is 0 Å². The minimum atomic E-state index is 0.905. The zero-order valence-electron chi connectivity index (χ0n) is 79.6. The fraction of sp³-hybridized carbons (Fsp3) is 0.0303. The normalized spacial score (nSPS) is 12.8. The largest absolute Gasteiger partial charge is 0.309 e. The third kappa shape index (κ3) is 11.5. The molecule has 32 aromatic rings. The van der Waals surface area contributed by atoms with Crippen LogP contribution in [0.3, 0.4) is 0 Å². The van der Waals surface area contributed by atoms with Crippen molar-refractivity contribution in [3.63, 3.8) is 0 Å². The van der Waals surface area contributed by atoms with Gasteiger partial charge in [0, 0.05) is 195 Å². The van der Waals surface area contributed by atoms with Crippen LogP contribution >= 0.6 is 0 Å². The molecule has 0 saturated heterocycles. The summed E-state index contributed by atoms with van der Waals surface area (Å²) < 4.78 is 18.3. The van der Waals surface area contributed by atoms with Crippen molar-refractivity contribution < 1.29 is 0 Å². The van der Waals surface area contributed by atoms with E-state index in [9.17, 15) is 0 Å². The summed E-state index contributed by atoms with van der Waals surface area (Å²) in [6, 6.07) is 124. The van der Waals surface area contributed by atoms with Gasteiger partial charge in [-0.2, -0.15) is 0 Å². The minimum absolute atomic E-state index is 0.905. The van der Waals surface area contributed by atoms with E-state index in [0.717, 1.165) is 70.3 Å². The Morgan fingerprint density at radius 3 is 0.959 bits per heavy atom. The average Bonchev–Trinajstić information content (AvgIpc) is 1.55. The van der Waals surface area contributed by atoms with Gasteiger partial charge in [-0.25, -0.2) is 19.9 Å². The van der Waals surface area contributed by atoms with Gasteiger partial charge in [-0.15, -0.1) is 0 Å². The lowest BCUT2D eigenvalue weighted by Gasteiger charge is -2.13. The summed E-state index contributed by atoms with van der Waals surface area (Å²) in [5.41, 5.74) is 44.8. The summed E-state index contributed by atoms with van der Waals surface area (Å²) in [5.74, 6) is 0. The summed E-state index contributed by atoms with van der Waals surface area (Å²) in [5, 5.41) is 24.9. The third-order valence-electron chi connectivity index (χ3n) is 32.3. The van der Waals surface area contributed by atoms with Crippen LogP contribution in [-0.4, -0.2) is 75.7 Å². The average molecular weight is 1890 g/mol. The second-order valence-corrected chi connectivity index (χ2v) is 39.7. The van der Waals surface area contributed by atoms with Crippen molar-refractivity contribution in [1.29, 1.82) is 0 Å². The Morgan fingerprint density at radius 1 is 0.176 bits per heavy atom. The molecule has 0 spiro atoms. The molecule has 0 saturated carbocycles. The highest BCUT2D eigenvalue weighted by molar-refractivity contribution is 6.24. The molecule has 0 amide bonds. The standard InChI is InChI=1S/4C33H20N4/c1-2-6-22(7-3-1)37-30-9-5-4-8-23(30)28-18-26-21(16-31(28)37)14-20-15-29-27(17-25(20)26)24-10-11-34-19-32(24)36-13-12-35-33(29)36;1-2-6-21(7-3-1)37-30-9-5-4-8-23(30)25-11-10-22-26-18-27-24-12-13-34-19-31(24)36-15-14-35-33(36)29(27)17-20(26)16-28(22)32(25)37;1-2-6-22(7-3-1)37-28-9-5-4-8-24(28)32-29(37)11-10-20-16-21-17-27-26(18-25(21)31(20)32)23-12-13-34-19-30(23)36-15-14-35-33(27)36;1-2-6-22(7-3-1)37-29-9-5-4-8-23(29)25-11-10-20-16-21-17-28-27(18-26(21)31(20)32(25)37)24-12-13-34-19-30(24)36-15-14-35-33(28)36/h1-13,15-19H,14H2;3*1-15,17-19H,16H2. The van der Waals surface area contributed by atoms with Crippen molar-refractivity contribution in [2.75, 3.05) is 0 Å². The highest BCUT2D eigenvalue weighted by atomic mass is 15.0. The molecule has 16 aromatic carbocycles. The van der Waals surface area contributed by atoms with Crippen LogP contribution in [0.4, 0.5) is 0 Å². The van der Waals surface area contributed by atoms with Crippen LogP contribution in [0.15, 0.2) is 439 Å². The van der Waals surface area contributed by atoms with Gasteiger partial charge in [0.05, 0.1) is 91.0 Å². The van der Waals surface area contributed by atoms with Gasteiger partial charge in [0.2, 0.25) is 0 Å². The number of pyridine rings is 8. The molecule has 36 rings (SSSR count). The van der Waals surface area contributed by atoms with E-state index in [1.54, 1.807) is 0 Å². The number of hydrogen-bond acceptors (Lipinski definition) is 8. The number of para-hydroxylation sites is 8. The van der Waals surface area contributed by atoms with Crippen LogP contribution in [0, 0.1) is 0 Å². The van der Waals surface area contributed by atoms with Gasteiger partial charge in [-0.3, -0.25) is 37.5 Å². The SMILES string of the molecule is c1ccc(-n2c3ccccc3c3c4c(ccc32)Cc2cc3c(cc2-4)c2ccncc2n2ccnc32)cc1.c1ccc(-n2c3ccccc3c3cc4c(cc32)Cc2cc3c(cc2-4)c2ccncc2n2ccnc32)cc1.c1ccc(-n2c3ccccc3c3ccc4c(c32)-c2cc3c5ccncc5n5ccnc5c3cc2C4)cc1.c1ccc(-n2c3ccccc3c3ccc4c(c32)Cc2cc3c(cc2-4)c2ccncc2n2ccnc32)cc1. The molecule has 0 bridgehead atoms. The van der Waals surface area contributed by atoms with Crippen LogP contribution in [0.2, 0.25) is 0 Å². The summed E-state index contributed by atoms with van der Waals surface area (Å²) in [7, 11) is 0. The number of nitrogens with zero attached hydrogens (tertiary/aromatic N) is 16. The van der Waals surface area contributed by atoms with Crippen molar-refractivity contribution >= 4 is 197 Å². The van der Waals surface area contributed by atoms with E-state index in [4.69, 9.17) is 19.9 Å². The van der Waals surface area contributed by atoms with Crippen molar-refractivity contribution in [2.24, 2.45) is 0 Å². The van der Waals surface area contributed by atoms with Crippen LogP contribution in [0.1, 0.15) is 44.5 Å². The van der Waals surface area contributed by atoms with Gasteiger partial charge >= 0.3 is 0 Å². The van der Waals surface area contributed by atoms with E-state index < -0.39 is 0 Å². The Hall–Kier alpha value is -19.8. The molecule has 0 N–H and O–H groups in total. The topological polar surface area (TPSA) is 140 Å². The molecule has 0 atom stereocenters. The lowest BCUT2D eigenvalue weighted by Crippen LogP contribution is -1.96. The summed E-state index contributed by atoms with van der Waals surface area (Å²) >= 11 is 0. The first-order valence-electron chi connectivity index (χ1n) is 50.5. The highest BCUT2D eigenvalue weighted by Crippen LogP contribution is 2.54. The lowest BCUT2D eigenvalue weighted by molar-refractivity contribution is 1.15. The number of imidazole rings is 4. The fourth-order valence-electron chi connectivity index (χ4n) is 26.1. The van der Waals surface area contributed by atoms with Gasteiger partial charge in [0.15, 0.2) is 0 Å². The highest BCUT2D eigenvalue weighted by Gasteiger charge is 2.34. The van der Waals surface area contributed by atoms with Crippen LogP contribution < -0.4 is 0 Å². The molecule has 0 aliphatic heterocycles. The quantitative estimate of drug-likeness (QED) is 0.159. The molecular formula is C132H80N16. The molecule has 16 nitrogen and oxygen atoms in total. The molecule has 0 radical (unpaired) electrons. The van der Waals surface area contributed by atoms with Crippen molar-refractivity contribution in [1.82, 2.24) is 75.7 Å². The first-order chi connectivity index (χ1) is 73.4. The Morgan fingerprint density at radius 2 is 0.493 bits per heavy atom.